The van der Waals surface area contributed by atoms with Crippen LogP contribution in [0.2, 0.25) is 0 Å². The van der Waals surface area contributed by atoms with Gasteiger partial charge in [0.2, 0.25) is 11.8 Å². The van der Waals surface area contributed by atoms with Crippen LogP contribution in [0.15, 0.2) is 24.3 Å². The standard InChI is InChI=1S/C27H39N2O9P/c1-5-27(39(35,36)37,17-38-24(34)25(2,3)4)26(14-8-9-15-26)23(33)28-19-13-12-18-10-6-7-11-20(18)29(22(19)32)16-21(30)31/h6-7,10-11,19H,5,8-9,12-17H2,1-4H3,(H,28,33)(H,30,31)(H2,35,36,37)/t19-,27?/m0/s1. The summed E-state index contributed by atoms with van der Waals surface area (Å²) < 4.78 is 18.6. The number of esters is 1. The molecule has 216 valence electrons. The van der Waals surface area contributed by atoms with Crippen molar-refractivity contribution >= 4 is 37.0 Å². The molecule has 39 heavy (non-hydrogen) atoms. The molecule has 1 heterocycles. The highest BCUT2D eigenvalue weighted by atomic mass is 31.2. The van der Waals surface area contributed by atoms with Gasteiger partial charge in [-0.15, -0.1) is 0 Å². The highest BCUT2D eigenvalue weighted by Crippen LogP contribution is 2.66. The van der Waals surface area contributed by atoms with Crippen LogP contribution in [-0.2, 0) is 34.9 Å². The molecule has 0 radical (unpaired) electrons. The number of carboxylic acid groups (broad SMARTS) is 1. The van der Waals surface area contributed by atoms with Crippen LogP contribution in [0, 0.1) is 10.8 Å². The van der Waals surface area contributed by atoms with Crippen molar-refractivity contribution in [2.24, 2.45) is 10.8 Å². The molecule has 3 rings (SSSR count). The SMILES string of the molecule is CCC(COC(=O)C(C)(C)C)(C1(C(=O)N[C@H]2CCc3ccccc3N(CC(=O)O)C2=O)CCCC1)P(=O)(O)O. The van der Waals surface area contributed by atoms with E-state index in [2.05, 4.69) is 5.32 Å². The van der Waals surface area contributed by atoms with Crippen molar-refractivity contribution in [3.05, 3.63) is 29.8 Å². The van der Waals surface area contributed by atoms with Crippen LogP contribution in [0.5, 0.6) is 0 Å². The zero-order valence-corrected chi connectivity index (χ0v) is 23.8. The molecule has 1 aromatic carbocycles. The number of aliphatic carboxylic acids is 1. The topological polar surface area (TPSA) is 171 Å². The van der Waals surface area contributed by atoms with Gasteiger partial charge in [-0.3, -0.25) is 28.6 Å². The third-order valence-electron chi connectivity index (χ3n) is 8.13. The lowest BCUT2D eigenvalue weighted by atomic mass is 9.70. The molecule has 0 spiro atoms. The summed E-state index contributed by atoms with van der Waals surface area (Å²) >= 11 is 0. The van der Waals surface area contributed by atoms with Gasteiger partial charge in [-0.05, 0) is 64.5 Å². The number of amides is 2. The fraction of sp³-hybridized carbons (Fsp3) is 0.630. The Balaban J connectivity index is 2.00. The first kappa shape index (κ1) is 30.8. The summed E-state index contributed by atoms with van der Waals surface area (Å²) in [6, 6.07) is 5.81. The van der Waals surface area contributed by atoms with E-state index < -0.39 is 66.5 Å². The van der Waals surface area contributed by atoms with Crippen LogP contribution in [-0.4, -0.2) is 63.0 Å². The van der Waals surface area contributed by atoms with Crippen molar-refractivity contribution in [3.8, 4) is 0 Å². The number of carbonyl (C=O) groups is 4. The van der Waals surface area contributed by atoms with E-state index in [4.69, 9.17) is 4.74 Å². The Labute approximate surface area is 228 Å². The smallest absolute Gasteiger partial charge is 0.336 e. The van der Waals surface area contributed by atoms with E-state index in [1.807, 2.05) is 0 Å². The summed E-state index contributed by atoms with van der Waals surface area (Å²) in [5.74, 6) is -3.18. The van der Waals surface area contributed by atoms with Crippen molar-refractivity contribution in [2.75, 3.05) is 18.1 Å². The summed E-state index contributed by atoms with van der Waals surface area (Å²) in [5, 5.41) is 10.2. The van der Waals surface area contributed by atoms with Gasteiger partial charge in [0.1, 0.15) is 24.3 Å². The molecule has 1 fully saturated rings. The Kier molecular flexibility index (Phi) is 8.99. The molecule has 1 aromatic rings. The number of nitrogens with one attached hydrogen (secondary N) is 1. The normalized spacial score (nSPS) is 20.9. The van der Waals surface area contributed by atoms with E-state index in [1.165, 1.54) is 0 Å². The lowest BCUT2D eigenvalue weighted by Gasteiger charge is -2.47. The average molecular weight is 567 g/mol. The zero-order chi connectivity index (χ0) is 29.2. The average Bonchev–Trinajstić information content (AvgIpc) is 3.31. The number of anilines is 1. The maximum atomic E-state index is 14.1. The lowest BCUT2D eigenvalue weighted by Crippen LogP contribution is -2.61. The molecule has 2 aliphatic rings. The van der Waals surface area contributed by atoms with Gasteiger partial charge >= 0.3 is 19.5 Å². The van der Waals surface area contributed by atoms with Gasteiger partial charge in [-0.25, -0.2) is 0 Å². The van der Waals surface area contributed by atoms with Crippen molar-refractivity contribution in [2.45, 2.75) is 83.8 Å². The summed E-state index contributed by atoms with van der Waals surface area (Å²) in [7, 11) is -5.05. The molecule has 2 amide bonds. The number of carboxylic acids is 1. The van der Waals surface area contributed by atoms with Crippen LogP contribution in [0.1, 0.15) is 71.8 Å². The molecule has 12 heteroatoms. The summed E-state index contributed by atoms with van der Waals surface area (Å²) in [6.07, 6.45) is 1.76. The zero-order valence-electron chi connectivity index (χ0n) is 22.9. The first-order valence-electron chi connectivity index (χ1n) is 13.2. The Bertz CT molecular complexity index is 1170. The molecule has 1 aliphatic heterocycles. The first-order chi connectivity index (χ1) is 18.1. The second kappa shape index (κ2) is 11.4. The Morgan fingerprint density at radius 3 is 2.31 bits per heavy atom. The van der Waals surface area contributed by atoms with E-state index in [0.29, 0.717) is 24.9 Å². The molecule has 0 saturated heterocycles. The predicted molar refractivity (Wildman–Crippen MR) is 143 cm³/mol. The van der Waals surface area contributed by atoms with Crippen LogP contribution >= 0.6 is 7.60 Å². The Morgan fingerprint density at radius 2 is 1.77 bits per heavy atom. The largest absolute Gasteiger partial charge is 0.480 e. The minimum Gasteiger partial charge on any atom is -0.480 e. The van der Waals surface area contributed by atoms with Crippen molar-refractivity contribution in [1.29, 1.82) is 0 Å². The monoisotopic (exact) mass is 566 g/mol. The van der Waals surface area contributed by atoms with Gasteiger partial charge in [0.25, 0.3) is 0 Å². The second-order valence-corrected chi connectivity index (χ2v) is 13.5. The number of hydrogen-bond donors (Lipinski definition) is 4. The molecule has 4 N–H and O–H groups in total. The number of hydrogen-bond acceptors (Lipinski definition) is 6. The van der Waals surface area contributed by atoms with Gasteiger partial charge in [0.15, 0.2) is 0 Å². The van der Waals surface area contributed by atoms with Gasteiger partial charge in [0, 0.05) is 5.69 Å². The van der Waals surface area contributed by atoms with Crippen LogP contribution in [0.4, 0.5) is 5.69 Å². The van der Waals surface area contributed by atoms with Crippen LogP contribution in [0.25, 0.3) is 0 Å². The minimum atomic E-state index is -5.05. The molecule has 1 aliphatic carbocycles. The molecule has 0 aromatic heterocycles. The molecular weight excluding hydrogens is 527 g/mol. The van der Waals surface area contributed by atoms with E-state index >= 15 is 0 Å². The van der Waals surface area contributed by atoms with Crippen molar-refractivity contribution < 1.29 is 43.4 Å². The van der Waals surface area contributed by atoms with E-state index in [9.17, 15) is 38.6 Å². The minimum absolute atomic E-state index is 0.142. The quantitative estimate of drug-likeness (QED) is 0.259. The highest BCUT2D eigenvalue weighted by Gasteiger charge is 2.66. The van der Waals surface area contributed by atoms with Crippen LogP contribution in [0.3, 0.4) is 0 Å². The molecule has 0 bridgehead atoms. The molecular formula is C27H39N2O9P. The summed E-state index contributed by atoms with van der Waals surface area (Å²) in [6.45, 7) is 5.18. The van der Waals surface area contributed by atoms with Gasteiger partial charge in [-0.2, -0.15) is 0 Å². The highest BCUT2D eigenvalue weighted by molar-refractivity contribution is 7.53. The van der Waals surface area contributed by atoms with Gasteiger partial charge in [0.05, 0.1) is 10.8 Å². The number of rotatable bonds is 9. The third-order valence-corrected chi connectivity index (χ3v) is 10.1. The van der Waals surface area contributed by atoms with Crippen molar-refractivity contribution in [1.82, 2.24) is 5.32 Å². The molecule has 11 nitrogen and oxygen atoms in total. The van der Waals surface area contributed by atoms with E-state index in [1.54, 1.807) is 52.0 Å². The van der Waals surface area contributed by atoms with E-state index in [0.717, 1.165) is 10.5 Å². The lowest BCUT2D eigenvalue weighted by molar-refractivity contribution is -0.157. The predicted octanol–water partition coefficient (Wildman–Crippen LogP) is 3.01. The number of carbonyl (C=O) groups excluding carboxylic acids is 3. The number of ether oxygens (including phenoxy) is 1. The number of benzene rings is 1. The van der Waals surface area contributed by atoms with Crippen molar-refractivity contribution in [3.63, 3.8) is 0 Å². The maximum Gasteiger partial charge on any atom is 0.336 e. The summed E-state index contributed by atoms with van der Waals surface area (Å²) in [5.41, 5.74) is -1.32. The van der Waals surface area contributed by atoms with Crippen LogP contribution < -0.4 is 10.2 Å². The van der Waals surface area contributed by atoms with Gasteiger partial charge in [-0.1, -0.05) is 38.0 Å². The molecule has 1 saturated carbocycles. The number of nitrogens with zero attached hydrogens (tertiary/aromatic N) is 1. The summed E-state index contributed by atoms with van der Waals surface area (Å²) in [4.78, 5) is 74.3. The van der Waals surface area contributed by atoms with E-state index in [-0.39, 0.29) is 25.7 Å². The molecule has 1 unspecified atom stereocenters. The maximum absolute atomic E-state index is 14.1. The number of para-hydroxylation sites is 1. The fourth-order valence-electron chi connectivity index (χ4n) is 5.88. The Morgan fingerprint density at radius 1 is 1.15 bits per heavy atom. The molecule has 2 atom stereocenters. The number of aryl methyl sites for hydroxylation is 1. The van der Waals surface area contributed by atoms with Gasteiger partial charge < -0.3 is 24.9 Å². The second-order valence-electron chi connectivity index (χ2n) is 11.6. The first-order valence-corrected chi connectivity index (χ1v) is 14.9. The third kappa shape index (κ3) is 5.90. The number of fused-ring (bicyclic) bond motifs is 1. The Hall–Kier alpha value is -2.75. The fourth-order valence-corrected chi connectivity index (χ4v) is 7.40.